The summed E-state index contributed by atoms with van der Waals surface area (Å²) in [5.41, 5.74) is 6.37. The second kappa shape index (κ2) is 7.36. The van der Waals surface area contributed by atoms with E-state index in [9.17, 15) is 12.8 Å². The summed E-state index contributed by atoms with van der Waals surface area (Å²) >= 11 is 0. The van der Waals surface area contributed by atoms with Gasteiger partial charge < -0.3 is 5.73 Å². The molecule has 1 aromatic rings. The molecule has 0 bridgehead atoms. The van der Waals surface area contributed by atoms with E-state index in [2.05, 4.69) is 4.72 Å². The highest BCUT2D eigenvalue weighted by Gasteiger charge is 2.23. The summed E-state index contributed by atoms with van der Waals surface area (Å²) in [5.74, 6) is -0.481. The van der Waals surface area contributed by atoms with Crippen LogP contribution < -0.4 is 10.5 Å². The number of nitrogens with one attached hydrogen (secondary N) is 1. The first kappa shape index (κ1) is 17.4. The summed E-state index contributed by atoms with van der Waals surface area (Å²) in [5, 5.41) is 0. The Kier molecular flexibility index (Phi) is 6.39. The minimum Gasteiger partial charge on any atom is -0.328 e. The minimum atomic E-state index is -3.38. The quantitative estimate of drug-likeness (QED) is 0.889. The summed E-state index contributed by atoms with van der Waals surface area (Å²) in [4.78, 5) is 0. The summed E-state index contributed by atoms with van der Waals surface area (Å²) < 4.78 is 39.5. The minimum absolute atomic E-state index is 0. The fourth-order valence-corrected chi connectivity index (χ4v) is 3.79. The first-order chi connectivity index (χ1) is 8.94. The van der Waals surface area contributed by atoms with Gasteiger partial charge in [-0.1, -0.05) is 12.1 Å². The molecule has 0 heterocycles. The molecule has 0 atom stereocenters. The van der Waals surface area contributed by atoms with Crippen molar-refractivity contribution in [3.8, 4) is 0 Å². The lowest BCUT2D eigenvalue weighted by molar-refractivity contribution is 0.373. The summed E-state index contributed by atoms with van der Waals surface area (Å²) in [6.45, 7) is 0. The molecule has 1 saturated carbocycles. The number of benzene rings is 1. The third-order valence-corrected chi connectivity index (χ3v) is 4.79. The van der Waals surface area contributed by atoms with E-state index >= 15 is 0 Å². The Labute approximate surface area is 125 Å². The van der Waals surface area contributed by atoms with E-state index < -0.39 is 10.0 Å². The van der Waals surface area contributed by atoms with Gasteiger partial charge in [-0.3, -0.25) is 0 Å². The SMILES string of the molecule is Cl.NC1CCC(NS(=O)(=O)Cc2ccc(F)cc2)CC1. The molecule has 4 nitrogen and oxygen atoms in total. The number of halogens is 2. The molecule has 0 spiro atoms. The van der Waals surface area contributed by atoms with Gasteiger partial charge in [-0.15, -0.1) is 12.4 Å². The van der Waals surface area contributed by atoms with Gasteiger partial charge in [0.2, 0.25) is 10.0 Å². The molecule has 1 aliphatic rings. The van der Waals surface area contributed by atoms with Crippen molar-refractivity contribution in [2.75, 3.05) is 0 Å². The van der Waals surface area contributed by atoms with Crippen LogP contribution in [0.5, 0.6) is 0 Å². The molecule has 0 amide bonds. The maximum atomic E-state index is 12.8. The van der Waals surface area contributed by atoms with Crippen molar-refractivity contribution in [3.63, 3.8) is 0 Å². The van der Waals surface area contributed by atoms with Gasteiger partial charge in [-0.05, 0) is 43.4 Å². The molecule has 1 fully saturated rings. The number of sulfonamides is 1. The molecule has 1 aromatic carbocycles. The van der Waals surface area contributed by atoms with Gasteiger partial charge in [0, 0.05) is 12.1 Å². The third-order valence-electron chi connectivity index (χ3n) is 3.39. The average Bonchev–Trinajstić information content (AvgIpc) is 2.34. The van der Waals surface area contributed by atoms with E-state index in [0.29, 0.717) is 5.56 Å². The van der Waals surface area contributed by atoms with Crippen molar-refractivity contribution < 1.29 is 12.8 Å². The Hall–Kier alpha value is -0.690. The van der Waals surface area contributed by atoms with Crippen LogP contribution in [0.25, 0.3) is 0 Å². The molecule has 0 saturated heterocycles. The summed E-state index contributed by atoms with van der Waals surface area (Å²) in [6, 6.07) is 5.69. The standard InChI is InChI=1S/C13H19FN2O2S.ClH/c14-11-3-1-10(2-4-11)9-19(17,18)16-13-7-5-12(15)6-8-13;/h1-4,12-13,16H,5-9,15H2;1H. The number of nitrogens with two attached hydrogens (primary N) is 1. The van der Waals surface area contributed by atoms with Crippen molar-refractivity contribution in [3.05, 3.63) is 35.6 Å². The molecular weight excluding hydrogens is 303 g/mol. The highest BCUT2D eigenvalue weighted by Crippen LogP contribution is 2.18. The lowest BCUT2D eigenvalue weighted by atomic mass is 9.93. The normalized spacial score (nSPS) is 23.1. The van der Waals surface area contributed by atoms with E-state index in [0.717, 1.165) is 25.7 Å². The molecule has 0 aliphatic heterocycles. The van der Waals surface area contributed by atoms with E-state index in [1.807, 2.05) is 0 Å². The smallest absolute Gasteiger partial charge is 0.216 e. The van der Waals surface area contributed by atoms with Crippen LogP contribution in [0.4, 0.5) is 4.39 Å². The zero-order chi connectivity index (χ0) is 13.9. The van der Waals surface area contributed by atoms with Crippen molar-refractivity contribution in [2.24, 2.45) is 5.73 Å². The van der Waals surface area contributed by atoms with Crippen LogP contribution >= 0.6 is 12.4 Å². The Morgan fingerprint density at radius 3 is 2.25 bits per heavy atom. The van der Waals surface area contributed by atoms with Gasteiger partial charge in [0.1, 0.15) is 5.82 Å². The lowest BCUT2D eigenvalue weighted by Gasteiger charge is -2.26. The van der Waals surface area contributed by atoms with Crippen LogP contribution in [0.3, 0.4) is 0 Å². The van der Waals surface area contributed by atoms with Crippen LogP contribution in [0.2, 0.25) is 0 Å². The van der Waals surface area contributed by atoms with Crippen molar-refractivity contribution in [2.45, 2.75) is 43.5 Å². The van der Waals surface area contributed by atoms with Crippen molar-refractivity contribution in [1.82, 2.24) is 4.72 Å². The highest BCUT2D eigenvalue weighted by atomic mass is 35.5. The second-order valence-electron chi connectivity index (χ2n) is 5.12. The highest BCUT2D eigenvalue weighted by molar-refractivity contribution is 7.88. The van der Waals surface area contributed by atoms with E-state index in [1.165, 1.54) is 24.3 Å². The predicted octanol–water partition coefficient (Wildman–Crippen LogP) is 1.94. The van der Waals surface area contributed by atoms with Crippen molar-refractivity contribution in [1.29, 1.82) is 0 Å². The Morgan fingerprint density at radius 2 is 1.70 bits per heavy atom. The number of hydrogen-bond acceptors (Lipinski definition) is 3. The molecule has 0 radical (unpaired) electrons. The number of hydrogen-bond donors (Lipinski definition) is 2. The van der Waals surface area contributed by atoms with E-state index in [-0.39, 0.29) is 36.1 Å². The van der Waals surface area contributed by atoms with Crippen molar-refractivity contribution >= 4 is 22.4 Å². The fraction of sp³-hybridized carbons (Fsp3) is 0.538. The molecule has 0 unspecified atom stereocenters. The Morgan fingerprint density at radius 1 is 1.15 bits per heavy atom. The van der Waals surface area contributed by atoms with Crippen LogP contribution in [0, 0.1) is 5.82 Å². The first-order valence-electron chi connectivity index (χ1n) is 6.45. The van der Waals surface area contributed by atoms with Gasteiger partial charge in [0.25, 0.3) is 0 Å². The molecular formula is C13H20ClFN2O2S. The maximum absolute atomic E-state index is 12.8. The predicted molar refractivity (Wildman–Crippen MR) is 79.6 cm³/mol. The second-order valence-corrected chi connectivity index (χ2v) is 6.87. The van der Waals surface area contributed by atoms with Gasteiger partial charge in [-0.25, -0.2) is 17.5 Å². The maximum Gasteiger partial charge on any atom is 0.216 e. The van der Waals surface area contributed by atoms with Crippen LogP contribution in [0.1, 0.15) is 31.2 Å². The Balaban J connectivity index is 0.00000200. The van der Waals surface area contributed by atoms with Crippen LogP contribution in [-0.2, 0) is 15.8 Å². The molecule has 0 aromatic heterocycles. The number of rotatable bonds is 4. The molecule has 3 N–H and O–H groups in total. The van der Waals surface area contributed by atoms with Gasteiger partial charge in [0.15, 0.2) is 0 Å². The van der Waals surface area contributed by atoms with Gasteiger partial charge >= 0.3 is 0 Å². The van der Waals surface area contributed by atoms with E-state index in [1.54, 1.807) is 0 Å². The topological polar surface area (TPSA) is 72.2 Å². The lowest BCUT2D eigenvalue weighted by Crippen LogP contribution is -2.40. The van der Waals surface area contributed by atoms with Gasteiger partial charge in [0.05, 0.1) is 5.75 Å². The van der Waals surface area contributed by atoms with E-state index in [4.69, 9.17) is 5.73 Å². The third kappa shape index (κ3) is 5.36. The monoisotopic (exact) mass is 322 g/mol. The largest absolute Gasteiger partial charge is 0.328 e. The molecule has 20 heavy (non-hydrogen) atoms. The molecule has 1 aliphatic carbocycles. The Bertz CT molecular complexity index is 514. The molecule has 114 valence electrons. The average molecular weight is 323 g/mol. The van der Waals surface area contributed by atoms with Crippen LogP contribution in [-0.4, -0.2) is 20.5 Å². The van der Waals surface area contributed by atoms with Gasteiger partial charge in [-0.2, -0.15) is 0 Å². The first-order valence-corrected chi connectivity index (χ1v) is 8.10. The zero-order valence-electron chi connectivity index (χ0n) is 11.1. The zero-order valence-corrected chi connectivity index (χ0v) is 12.7. The summed E-state index contributed by atoms with van der Waals surface area (Å²) in [6.07, 6.45) is 3.26. The molecule has 7 heteroatoms. The molecule has 2 rings (SSSR count). The fourth-order valence-electron chi connectivity index (χ4n) is 2.33. The summed E-state index contributed by atoms with van der Waals surface area (Å²) in [7, 11) is -3.38. The van der Waals surface area contributed by atoms with Crippen LogP contribution in [0.15, 0.2) is 24.3 Å².